The molecule has 0 bridgehead atoms. The molecule has 1 atom stereocenters. The third-order valence-electron chi connectivity index (χ3n) is 4.26. The summed E-state index contributed by atoms with van der Waals surface area (Å²) < 4.78 is 0. The molecule has 19 heavy (non-hydrogen) atoms. The van der Waals surface area contributed by atoms with Crippen LogP contribution in [0, 0.1) is 5.92 Å². The first kappa shape index (κ1) is 12.3. The second kappa shape index (κ2) is 5.08. The van der Waals surface area contributed by atoms with Gasteiger partial charge in [0.1, 0.15) is 0 Å². The Morgan fingerprint density at radius 3 is 2.84 bits per heavy atom. The van der Waals surface area contributed by atoms with Gasteiger partial charge in [0.25, 0.3) is 0 Å². The highest BCUT2D eigenvalue weighted by molar-refractivity contribution is 5.92. The van der Waals surface area contributed by atoms with E-state index in [1.807, 2.05) is 18.3 Å². The highest BCUT2D eigenvalue weighted by Gasteiger charge is 2.21. The zero-order chi connectivity index (χ0) is 13.2. The summed E-state index contributed by atoms with van der Waals surface area (Å²) >= 11 is 0. The van der Waals surface area contributed by atoms with Crippen LogP contribution in [0.15, 0.2) is 30.5 Å². The van der Waals surface area contributed by atoms with Crippen LogP contribution >= 0.6 is 0 Å². The first-order chi connectivity index (χ1) is 9.24. The molecule has 2 aromatic rings. The van der Waals surface area contributed by atoms with E-state index in [0.717, 1.165) is 22.5 Å². The molecule has 1 heterocycles. The Morgan fingerprint density at radius 2 is 2.05 bits per heavy atom. The molecule has 3 nitrogen and oxygen atoms in total. The molecule has 1 saturated carbocycles. The van der Waals surface area contributed by atoms with Gasteiger partial charge >= 0.3 is 0 Å². The summed E-state index contributed by atoms with van der Waals surface area (Å²) in [6, 6.07) is 8.51. The third-order valence-corrected chi connectivity index (χ3v) is 4.26. The fourth-order valence-electron chi connectivity index (χ4n) is 3.11. The van der Waals surface area contributed by atoms with Gasteiger partial charge in [-0.3, -0.25) is 4.98 Å². The number of nitrogens with two attached hydrogens (primary N) is 1. The largest absolute Gasteiger partial charge is 0.399 e. The molecule has 0 radical (unpaired) electrons. The number of hydrogen-bond donors (Lipinski definition) is 2. The summed E-state index contributed by atoms with van der Waals surface area (Å²) in [7, 11) is 0. The number of nitrogens with zero attached hydrogens (tertiary/aromatic N) is 1. The lowest BCUT2D eigenvalue weighted by Gasteiger charge is -2.22. The minimum Gasteiger partial charge on any atom is -0.399 e. The molecule has 0 spiro atoms. The molecule has 1 aliphatic rings. The van der Waals surface area contributed by atoms with Crippen LogP contribution in [0.2, 0.25) is 0 Å². The van der Waals surface area contributed by atoms with Crippen LogP contribution in [0.5, 0.6) is 0 Å². The number of aromatic nitrogens is 1. The summed E-state index contributed by atoms with van der Waals surface area (Å²) in [4.78, 5) is 4.39. The number of pyridine rings is 1. The second-order valence-corrected chi connectivity index (χ2v) is 5.61. The van der Waals surface area contributed by atoms with Gasteiger partial charge in [0.2, 0.25) is 0 Å². The number of anilines is 2. The molecule has 3 heteroatoms. The fraction of sp³-hybridized carbons (Fsp3) is 0.438. The summed E-state index contributed by atoms with van der Waals surface area (Å²) in [6.07, 6.45) is 7.31. The van der Waals surface area contributed by atoms with E-state index >= 15 is 0 Å². The van der Waals surface area contributed by atoms with Gasteiger partial charge in [-0.15, -0.1) is 0 Å². The van der Waals surface area contributed by atoms with Crippen LogP contribution in [-0.4, -0.2) is 11.0 Å². The molecule has 3 N–H and O–H groups in total. The Bertz CT molecular complexity index is 573. The van der Waals surface area contributed by atoms with Crippen LogP contribution < -0.4 is 11.1 Å². The molecule has 0 aliphatic heterocycles. The molecule has 1 unspecified atom stereocenters. The van der Waals surface area contributed by atoms with E-state index in [9.17, 15) is 0 Å². The SMILES string of the molecule is CC(Nc1ccnc2cc(N)ccc12)C1CCCC1. The normalized spacial score (nSPS) is 17.7. The van der Waals surface area contributed by atoms with Crippen molar-refractivity contribution < 1.29 is 0 Å². The van der Waals surface area contributed by atoms with Gasteiger partial charge in [-0.2, -0.15) is 0 Å². The number of nitrogen functional groups attached to an aromatic ring is 1. The standard InChI is InChI=1S/C16H21N3/c1-11(12-4-2-3-5-12)19-15-8-9-18-16-10-13(17)6-7-14(15)16/h6-12H,2-5,17H2,1H3,(H,18,19). The predicted molar refractivity (Wildman–Crippen MR) is 81.2 cm³/mol. The molecular formula is C16H21N3. The molecule has 3 rings (SSSR count). The van der Waals surface area contributed by atoms with Crippen molar-refractivity contribution in [3.63, 3.8) is 0 Å². The quantitative estimate of drug-likeness (QED) is 0.820. The van der Waals surface area contributed by atoms with E-state index in [4.69, 9.17) is 5.73 Å². The van der Waals surface area contributed by atoms with Crippen molar-refractivity contribution >= 4 is 22.3 Å². The Hall–Kier alpha value is -1.77. The van der Waals surface area contributed by atoms with Crippen molar-refractivity contribution in [2.45, 2.75) is 38.6 Å². The predicted octanol–water partition coefficient (Wildman–Crippen LogP) is 3.81. The second-order valence-electron chi connectivity index (χ2n) is 5.61. The minimum atomic E-state index is 0.519. The zero-order valence-corrected chi connectivity index (χ0v) is 11.4. The topological polar surface area (TPSA) is 50.9 Å². The van der Waals surface area contributed by atoms with Crippen LogP contribution in [-0.2, 0) is 0 Å². The molecule has 1 aromatic carbocycles. The van der Waals surface area contributed by atoms with Crippen molar-refractivity contribution in [2.75, 3.05) is 11.1 Å². The Labute approximate surface area is 114 Å². The molecule has 0 saturated heterocycles. The van der Waals surface area contributed by atoms with E-state index in [2.05, 4.69) is 29.4 Å². The van der Waals surface area contributed by atoms with E-state index in [1.165, 1.54) is 31.4 Å². The van der Waals surface area contributed by atoms with Crippen molar-refractivity contribution in [2.24, 2.45) is 5.92 Å². The van der Waals surface area contributed by atoms with Gasteiger partial charge in [0.05, 0.1) is 5.52 Å². The summed E-state index contributed by atoms with van der Waals surface area (Å²) in [5, 5.41) is 4.82. The Balaban J connectivity index is 1.87. The summed E-state index contributed by atoms with van der Waals surface area (Å²) in [6.45, 7) is 2.29. The monoisotopic (exact) mass is 255 g/mol. The number of nitrogens with one attached hydrogen (secondary N) is 1. The van der Waals surface area contributed by atoms with Crippen molar-refractivity contribution in [3.05, 3.63) is 30.5 Å². The lowest BCUT2D eigenvalue weighted by Crippen LogP contribution is -2.23. The smallest absolute Gasteiger partial charge is 0.0743 e. The van der Waals surface area contributed by atoms with Gasteiger partial charge in [0.15, 0.2) is 0 Å². The van der Waals surface area contributed by atoms with Gasteiger partial charge in [-0.25, -0.2) is 0 Å². The maximum Gasteiger partial charge on any atom is 0.0743 e. The van der Waals surface area contributed by atoms with Crippen LogP contribution in [0.1, 0.15) is 32.6 Å². The van der Waals surface area contributed by atoms with E-state index in [0.29, 0.717) is 6.04 Å². The lowest BCUT2D eigenvalue weighted by molar-refractivity contribution is 0.482. The third kappa shape index (κ3) is 2.50. The average Bonchev–Trinajstić information content (AvgIpc) is 2.92. The average molecular weight is 255 g/mol. The molecule has 1 fully saturated rings. The Morgan fingerprint density at radius 1 is 1.26 bits per heavy atom. The highest BCUT2D eigenvalue weighted by atomic mass is 14.9. The van der Waals surface area contributed by atoms with E-state index in [1.54, 1.807) is 0 Å². The maximum atomic E-state index is 5.81. The van der Waals surface area contributed by atoms with Crippen molar-refractivity contribution in [1.82, 2.24) is 4.98 Å². The number of hydrogen-bond acceptors (Lipinski definition) is 3. The molecular weight excluding hydrogens is 234 g/mol. The highest BCUT2D eigenvalue weighted by Crippen LogP contribution is 2.31. The van der Waals surface area contributed by atoms with Crippen molar-refractivity contribution in [3.8, 4) is 0 Å². The van der Waals surface area contributed by atoms with Gasteiger partial charge < -0.3 is 11.1 Å². The summed E-state index contributed by atoms with van der Waals surface area (Å²) in [5.74, 6) is 0.803. The van der Waals surface area contributed by atoms with E-state index < -0.39 is 0 Å². The molecule has 0 amide bonds. The first-order valence-electron chi connectivity index (χ1n) is 7.15. The first-order valence-corrected chi connectivity index (χ1v) is 7.15. The van der Waals surface area contributed by atoms with Crippen LogP contribution in [0.25, 0.3) is 10.9 Å². The fourth-order valence-corrected chi connectivity index (χ4v) is 3.11. The summed E-state index contributed by atoms with van der Waals surface area (Å²) in [5.41, 5.74) is 8.71. The van der Waals surface area contributed by atoms with Gasteiger partial charge in [-0.05, 0) is 49.9 Å². The molecule has 1 aromatic heterocycles. The number of benzene rings is 1. The van der Waals surface area contributed by atoms with Crippen molar-refractivity contribution in [1.29, 1.82) is 0 Å². The van der Waals surface area contributed by atoms with Crippen LogP contribution in [0.4, 0.5) is 11.4 Å². The number of fused-ring (bicyclic) bond motifs is 1. The molecule has 1 aliphatic carbocycles. The van der Waals surface area contributed by atoms with E-state index in [-0.39, 0.29) is 0 Å². The lowest BCUT2D eigenvalue weighted by atomic mass is 9.99. The molecule has 100 valence electrons. The Kier molecular flexibility index (Phi) is 3.28. The van der Waals surface area contributed by atoms with Gasteiger partial charge in [-0.1, -0.05) is 12.8 Å². The maximum absolute atomic E-state index is 5.81. The zero-order valence-electron chi connectivity index (χ0n) is 11.4. The van der Waals surface area contributed by atoms with Crippen LogP contribution in [0.3, 0.4) is 0 Å². The minimum absolute atomic E-state index is 0.519. The van der Waals surface area contributed by atoms with Gasteiger partial charge in [0, 0.05) is 29.0 Å². The number of rotatable bonds is 3.